The molecule has 0 bridgehead atoms. The first kappa shape index (κ1) is 16.6. The third-order valence-electron chi connectivity index (χ3n) is 4.40. The number of carbonyl (C=O) groups is 2. The average molecular weight is 358 g/mol. The molecule has 5 nitrogen and oxygen atoms in total. The number of ether oxygens (including phenoxy) is 1. The number of carboxylic acids is 2. The number of fused-ring (bicyclic) bond motifs is 2. The Morgan fingerprint density at radius 2 is 1.41 bits per heavy atom. The van der Waals surface area contributed by atoms with Crippen molar-refractivity contribution in [3.63, 3.8) is 0 Å². The highest BCUT2D eigenvalue weighted by Gasteiger charge is 2.11. The van der Waals surface area contributed by atoms with Crippen LogP contribution in [0.1, 0.15) is 20.7 Å². The van der Waals surface area contributed by atoms with E-state index in [1.165, 1.54) is 0 Å². The fraction of sp³-hybridized carbons (Fsp3) is 0. The van der Waals surface area contributed by atoms with Crippen LogP contribution in [0.25, 0.3) is 21.5 Å². The first-order valence-electron chi connectivity index (χ1n) is 8.23. The summed E-state index contributed by atoms with van der Waals surface area (Å²) in [6.45, 7) is 0. The van der Waals surface area contributed by atoms with Crippen LogP contribution in [0.3, 0.4) is 0 Å². The van der Waals surface area contributed by atoms with Crippen molar-refractivity contribution in [2.45, 2.75) is 0 Å². The Balaban J connectivity index is 1.76. The summed E-state index contributed by atoms with van der Waals surface area (Å²) in [6.07, 6.45) is 0. The van der Waals surface area contributed by atoms with Gasteiger partial charge in [0.2, 0.25) is 0 Å². The zero-order valence-corrected chi connectivity index (χ0v) is 14.0. The van der Waals surface area contributed by atoms with Crippen molar-refractivity contribution in [2.24, 2.45) is 0 Å². The molecule has 132 valence electrons. The van der Waals surface area contributed by atoms with E-state index < -0.39 is 11.9 Å². The van der Waals surface area contributed by atoms with Gasteiger partial charge in [-0.15, -0.1) is 0 Å². The Labute approximate surface area is 154 Å². The molecule has 0 fully saturated rings. The third-order valence-corrected chi connectivity index (χ3v) is 4.40. The lowest BCUT2D eigenvalue weighted by Crippen LogP contribution is -1.97. The van der Waals surface area contributed by atoms with E-state index in [0.29, 0.717) is 22.3 Å². The van der Waals surface area contributed by atoms with Gasteiger partial charge in [-0.2, -0.15) is 0 Å². The minimum absolute atomic E-state index is 0.220. The van der Waals surface area contributed by atoms with E-state index >= 15 is 0 Å². The average Bonchev–Trinajstić information content (AvgIpc) is 2.67. The Morgan fingerprint density at radius 1 is 0.704 bits per heavy atom. The van der Waals surface area contributed by atoms with Crippen LogP contribution >= 0.6 is 0 Å². The van der Waals surface area contributed by atoms with Crippen molar-refractivity contribution >= 4 is 33.5 Å². The summed E-state index contributed by atoms with van der Waals surface area (Å²) in [7, 11) is 0. The topological polar surface area (TPSA) is 83.8 Å². The van der Waals surface area contributed by atoms with Crippen molar-refractivity contribution in [3.05, 3.63) is 83.9 Å². The van der Waals surface area contributed by atoms with Gasteiger partial charge in [0.25, 0.3) is 0 Å². The fourth-order valence-electron chi connectivity index (χ4n) is 3.10. The minimum atomic E-state index is -0.988. The summed E-state index contributed by atoms with van der Waals surface area (Å²) >= 11 is 0. The van der Waals surface area contributed by atoms with E-state index in [2.05, 4.69) is 0 Å². The molecule has 27 heavy (non-hydrogen) atoms. The molecular weight excluding hydrogens is 344 g/mol. The predicted molar refractivity (Wildman–Crippen MR) is 102 cm³/mol. The smallest absolute Gasteiger partial charge is 0.336 e. The molecular formula is C22H14O5. The summed E-state index contributed by atoms with van der Waals surface area (Å²) < 4.78 is 6.00. The molecule has 0 spiro atoms. The molecule has 0 aliphatic heterocycles. The Bertz CT molecular complexity index is 1210. The van der Waals surface area contributed by atoms with E-state index in [0.717, 1.165) is 10.8 Å². The van der Waals surface area contributed by atoms with Gasteiger partial charge in [0, 0.05) is 5.39 Å². The number of benzene rings is 4. The van der Waals surface area contributed by atoms with Gasteiger partial charge in [-0.25, -0.2) is 9.59 Å². The van der Waals surface area contributed by atoms with Gasteiger partial charge in [-0.3, -0.25) is 0 Å². The second-order valence-corrected chi connectivity index (χ2v) is 6.09. The predicted octanol–water partition coefficient (Wildman–Crippen LogP) is 5.18. The zero-order chi connectivity index (χ0) is 19.0. The molecule has 0 heterocycles. The van der Waals surface area contributed by atoms with E-state index in [4.69, 9.17) is 9.84 Å². The van der Waals surface area contributed by atoms with Crippen molar-refractivity contribution in [1.82, 2.24) is 0 Å². The quantitative estimate of drug-likeness (QED) is 0.525. The summed E-state index contributed by atoms with van der Waals surface area (Å²) in [4.78, 5) is 22.5. The minimum Gasteiger partial charge on any atom is -0.478 e. The monoisotopic (exact) mass is 358 g/mol. The molecule has 0 radical (unpaired) electrons. The van der Waals surface area contributed by atoms with E-state index in [9.17, 15) is 14.7 Å². The van der Waals surface area contributed by atoms with Crippen LogP contribution in [0.4, 0.5) is 0 Å². The highest BCUT2D eigenvalue weighted by atomic mass is 16.5. The molecule has 4 aromatic rings. The van der Waals surface area contributed by atoms with Gasteiger partial charge in [0.1, 0.15) is 11.5 Å². The summed E-state index contributed by atoms with van der Waals surface area (Å²) in [5.41, 5.74) is 0.448. The van der Waals surface area contributed by atoms with Crippen molar-refractivity contribution < 1.29 is 24.5 Å². The summed E-state index contributed by atoms with van der Waals surface area (Å²) in [6, 6.07) is 20.6. The Morgan fingerprint density at radius 3 is 2.19 bits per heavy atom. The molecule has 0 unspecified atom stereocenters. The van der Waals surface area contributed by atoms with Crippen LogP contribution in [0.2, 0.25) is 0 Å². The van der Waals surface area contributed by atoms with Crippen molar-refractivity contribution in [3.8, 4) is 11.5 Å². The van der Waals surface area contributed by atoms with Crippen molar-refractivity contribution in [1.29, 1.82) is 0 Å². The number of carboxylic acid groups (broad SMARTS) is 2. The first-order chi connectivity index (χ1) is 13.0. The second-order valence-electron chi connectivity index (χ2n) is 6.09. The molecule has 0 saturated carbocycles. The van der Waals surface area contributed by atoms with Gasteiger partial charge in [0.05, 0.1) is 11.1 Å². The van der Waals surface area contributed by atoms with Crippen LogP contribution in [-0.4, -0.2) is 22.2 Å². The molecule has 0 amide bonds. The van der Waals surface area contributed by atoms with E-state index in [1.54, 1.807) is 60.7 Å². The molecule has 4 rings (SSSR count). The molecule has 0 saturated heterocycles. The molecule has 0 aliphatic rings. The molecule has 4 aromatic carbocycles. The largest absolute Gasteiger partial charge is 0.478 e. The Kier molecular flexibility index (Phi) is 3.97. The maximum Gasteiger partial charge on any atom is 0.336 e. The van der Waals surface area contributed by atoms with Crippen molar-refractivity contribution in [2.75, 3.05) is 0 Å². The normalized spacial score (nSPS) is 10.8. The third kappa shape index (κ3) is 3.06. The summed E-state index contributed by atoms with van der Waals surface area (Å²) in [5, 5.41) is 21.4. The maximum absolute atomic E-state index is 11.4. The highest BCUT2D eigenvalue weighted by Crippen LogP contribution is 2.33. The molecule has 5 heteroatoms. The summed E-state index contributed by atoms with van der Waals surface area (Å²) in [5.74, 6) is -0.823. The van der Waals surface area contributed by atoms with Crippen LogP contribution in [0.15, 0.2) is 72.8 Å². The number of aromatic carboxylic acids is 2. The van der Waals surface area contributed by atoms with Gasteiger partial charge in [-0.1, -0.05) is 36.4 Å². The van der Waals surface area contributed by atoms with Crippen LogP contribution < -0.4 is 4.74 Å². The van der Waals surface area contributed by atoms with Crippen LogP contribution in [0, 0.1) is 0 Å². The fourth-order valence-corrected chi connectivity index (χ4v) is 3.10. The number of hydrogen-bond donors (Lipinski definition) is 2. The van der Waals surface area contributed by atoms with E-state index in [1.807, 2.05) is 12.1 Å². The Hall–Kier alpha value is -3.86. The number of hydrogen-bond acceptors (Lipinski definition) is 3. The van der Waals surface area contributed by atoms with Gasteiger partial charge < -0.3 is 14.9 Å². The first-order valence-corrected chi connectivity index (χ1v) is 8.23. The van der Waals surface area contributed by atoms with Gasteiger partial charge in [-0.05, 0) is 52.6 Å². The highest BCUT2D eigenvalue weighted by molar-refractivity contribution is 6.05. The van der Waals surface area contributed by atoms with Gasteiger partial charge in [0.15, 0.2) is 0 Å². The molecule has 0 aromatic heterocycles. The zero-order valence-electron chi connectivity index (χ0n) is 14.0. The number of rotatable bonds is 4. The lowest BCUT2D eigenvalue weighted by atomic mass is 10.0. The molecule has 0 aliphatic carbocycles. The second kappa shape index (κ2) is 6.46. The SMILES string of the molecule is O=C(O)c1ccc2cc(Oc3cccc4c(C(=O)O)cccc34)ccc2c1. The molecule has 0 atom stereocenters. The van der Waals surface area contributed by atoms with Crippen LogP contribution in [-0.2, 0) is 0 Å². The lowest BCUT2D eigenvalue weighted by Gasteiger charge is -2.11. The lowest BCUT2D eigenvalue weighted by molar-refractivity contribution is 0.0687. The maximum atomic E-state index is 11.4. The van der Waals surface area contributed by atoms with E-state index in [-0.39, 0.29) is 11.1 Å². The van der Waals surface area contributed by atoms with Gasteiger partial charge >= 0.3 is 11.9 Å². The van der Waals surface area contributed by atoms with Crippen LogP contribution in [0.5, 0.6) is 11.5 Å². The standard InChI is InChI=1S/C22H14O5/c23-21(24)15-8-7-14-12-16(10-9-13(14)11-15)27-20-6-2-3-17-18(20)4-1-5-19(17)22(25)26/h1-12H,(H,23,24)(H,25,26). The molecule has 2 N–H and O–H groups in total.